The number of ether oxygens (including phenoxy) is 1. The summed E-state index contributed by atoms with van der Waals surface area (Å²) in [5, 5.41) is 2.71. The van der Waals surface area contributed by atoms with Crippen molar-refractivity contribution >= 4 is 27.5 Å². The Hall–Kier alpha value is -2.47. The van der Waals surface area contributed by atoms with Crippen LogP contribution in [-0.4, -0.2) is 18.0 Å². The molecule has 0 fully saturated rings. The van der Waals surface area contributed by atoms with Crippen LogP contribution < -0.4 is 10.1 Å². The predicted molar refractivity (Wildman–Crippen MR) is 83.7 cm³/mol. The van der Waals surface area contributed by atoms with E-state index in [4.69, 9.17) is 4.74 Å². The Morgan fingerprint density at radius 3 is 3.05 bits per heavy atom. The fourth-order valence-corrected chi connectivity index (χ4v) is 2.84. The molecule has 0 aliphatic carbocycles. The summed E-state index contributed by atoms with van der Waals surface area (Å²) >= 11 is 1.47. The van der Waals surface area contributed by atoms with Crippen molar-refractivity contribution in [1.29, 1.82) is 0 Å². The van der Waals surface area contributed by atoms with Crippen LogP contribution in [0.2, 0.25) is 0 Å². The summed E-state index contributed by atoms with van der Waals surface area (Å²) in [5.74, 6) is -0.543. The minimum absolute atomic E-state index is 0.0998. The summed E-state index contributed by atoms with van der Waals surface area (Å²) in [6.07, 6.45) is 0. The maximum absolute atomic E-state index is 14.0. The summed E-state index contributed by atoms with van der Waals surface area (Å²) < 4.78 is 19.9. The van der Waals surface area contributed by atoms with Crippen molar-refractivity contribution in [2.75, 3.05) is 7.11 Å². The zero-order chi connectivity index (χ0) is 15.5. The highest BCUT2D eigenvalue weighted by molar-refractivity contribution is 7.16. The molecule has 1 heterocycles. The third-order valence-electron chi connectivity index (χ3n) is 3.30. The fourth-order valence-electron chi connectivity index (χ4n) is 2.12. The van der Waals surface area contributed by atoms with Gasteiger partial charge in [0.2, 0.25) is 0 Å². The largest absolute Gasteiger partial charge is 0.494 e. The summed E-state index contributed by atoms with van der Waals surface area (Å²) in [4.78, 5) is 16.3. The van der Waals surface area contributed by atoms with Gasteiger partial charge in [-0.15, -0.1) is 11.3 Å². The molecule has 0 aliphatic heterocycles. The molecule has 4 nitrogen and oxygen atoms in total. The Morgan fingerprint density at radius 2 is 2.23 bits per heavy atom. The van der Waals surface area contributed by atoms with Crippen LogP contribution in [0.5, 0.6) is 5.75 Å². The zero-order valence-corrected chi connectivity index (χ0v) is 12.6. The van der Waals surface area contributed by atoms with Gasteiger partial charge in [-0.1, -0.05) is 12.1 Å². The molecule has 0 bridgehead atoms. The van der Waals surface area contributed by atoms with Gasteiger partial charge in [-0.05, 0) is 24.3 Å². The maximum Gasteiger partial charge on any atom is 0.251 e. The van der Waals surface area contributed by atoms with E-state index >= 15 is 0 Å². The summed E-state index contributed by atoms with van der Waals surface area (Å²) in [7, 11) is 1.41. The number of amides is 1. The minimum Gasteiger partial charge on any atom is -0.494 e. The van der Waals surface area contributed by atoms with E-state index in [1.54, 1.807) is 41.9 Å². The van der Waals surface area contributed by atoms with Crippen LogP contribution in [0.15, 0.2) is 41.9 Å². The number of carbonyl (C=O) groups is 1. The molecule has 0 atom stereocenters. The lowest BCUT2D eigenvalue weighted by Gasteiger charge is -2.09. The van der Waals surface area contributed by atoms with Gasteiger partial charge in [0.05, 0.1) is 22.8 Å². The molecule has 0 spiro atoms. The molecular weight excluding hydrogens is 303 g/mol. The molecule has 6 heteroatoms. The van der Waals surface area contributed by atoms with Gasteiger partial charge in [-0.25, -0.2) is 9.37 Å². The first-order valence-corrected chi connectivity index (χ1v) is 7.50. The van der Waals surface area contributed by atoms with Crippen LogP contribution in [0.3, 0.4) is 0 Å². The molecular formula is C16H13FN2O2S. The van der Waals surface area contributed by atoms with Gasteiger partial charge in [0.1, 0.15) is 0 Å². The van der Waals surface area contributed by atoms with Crippen molar-refractivity contribution < 1.29 is 13.9 Å². The highest BCUT2D eigenvalue weighted by Crippen LogP contribution is 2.21. The Bertz CT molecular complexity index is 832. The molecule has 2 aromatic carbocycles. The first-order chi connectivity index (χ1) is 10.7. The van der Waals surface area contributed by atoms with Gasteiger partial charge in [0, 0.05) is 17.7 Å². The van der Waals surface area contributed by atoms with Crippen LogP contribution in [0.4, 0.5) is 4.39 Å². The van der Waals surface area contributed by atoms with Crippen LogP contribution in [0, 0.1) is 5.82 Å². The third-order valence-corrected chi connectivity index (χ3v) is 4.09. The van der Waals surface area contributed by atoms with Gasteiger partial charge < -0.3 is 10.1 Å². The van der Waals surface area contributed by atoms with Gasteiger partial charge in [0.15, 0.2) is 11.6 Å². The van der Waals surface area contributed by atoms with E-state index < -0.39 is 5.82 Å². The van der Waals surface area contributed by atoms with Crippen molar-refractivity contribution in [3.63, 3.8) is 0 Å². The first kappa shape index (κ1) is 14.5. The molecule has 1 aromatic heterocycles. The van der Waals surface area contributed by atoms with E-state index in [0.29, 0.717) is 11.1 Å². The molecule has 1 amide bonds. The topological polar surface area (TPSA) is 51.2 Å². The SMILES string of the molecule is COc1cccc(CNC(=O)c2ccc3ncsc3c2)c1F. The second kappa shape index (κ2) is 6.11. The van der Waals surface area contributed by atoms with E-state index in [0.717, 1.165) is 10.2 Å². The molecule has 0 saturated carbocycles. The number of benzene rings is 2. The third kappa shape index (κ3) is 2.78. The molecule has 0 aliphatic rings. The van der Waals surface area contributed by atoms with E-state index in [1.807, 2.05) is 0 Å². The van der Waals surface area contributed by atoms with Crippen molar-refractivity contribution in [3.8, 4) is 5.75 Å². The van der Waals surface area contributed by atoms with E-state index in [2.05, 4.69) is 10.3 Å². The Labute approximate surface area is 130 Å². The number of halogens is 1. The smallest absolute Gasteiger partial charge is 0.251 e. The Kier molecular flexibility index (Phi) is 4.02. The summed E-state index contributed by atoms with van der Waals surface area (Å²) in [5.41, 5.74) is 3.50. The minimum atomic E-state index is -0.455. The second-order valence-electron chi connectivity index (χ2n) is 4.65. The van der Waals surface area contributed by atoms with Crippen molar-refractivity contribution in [2.24, 2.45) is 0 Å². The van der Waals surface area contributed by atoms with E-state index in [-0.39, 0.29) is 18.2 Å². The Morgan fingerprint density at radius 1 is 1.36 bits per heavy atom. The lowest BCUT2D eigenvalue weighted by atomic mass is 10.1. The van der Waals surface area contributed by atoms with Crippen molar-refractivity contribution in [1.82, 2.24) is 10.3 Å². The number of hydrogen-bond acceptors (Lipinski definition) is 4. The normalized spacial score (nSPS) is 10.6. The molecule has 112 valence electrons. The van der Waals surface area contributed by atoms with Crippen LogP contribution >= 0.6 is 11.3 Å². The number of hydrogen-bond donors (Lipinski definition) is 1. The average Bonchev–Trinajstić information content (AvgIpc) is 3.01. The lowest BCUT2D eigenvalue weighted by Crippen LogP contribution is -2.23. The molecule has 1 N–H and O–H groups in total. The van der Waals surface area contributed by atoms with Crippen LogP contribution in [-0.2, 0) is 6.54 Å². The quantitative estimate of drug-likeness (QED) is 0.803. The zero-order valence-electron chi connectivity index (χ0n) is 11.8. The van der Waals surface area contributed by atoms with Gasteiger partial charge in [-0.3, -0.25) is 4.79 Å². The average molecular weight is 316 g/mol. The van der Waals surface area contributed by atoms with Crippen molar-refractivity contribution in [3.05, 3.63) is 58.9 Å². The molecule has 3 rings (SSSR count). The number of rotatable bonds is 4. The predicted octanol–water partition coefficient (Wildman–Crippen LogP) is 3.37. The fraction of sp³-hybridized carbons (Fsp3) is 0.125. The number of thiazole rings is 1. The first-order valence-electron chi connectivity index (χ1n) is 6.62. The molecule has 0 saturated heterocycles. The standard InChI is InChI=1S/C16H13FN2O2S/c1-21-13-4-2-3-11(15(13)17)8-18-16(20)10-5-6-12-14(7-10)22-9-19-12/h2-7,9H,8H2,1H3,(H,18,20). The summed E-state index contributed by atoms with van der Waals surface area (Å²) in [6.45, 7) is 0.0998. The summed E-state index contributed by atoms with van der Waals surface area (Å²) in [6, 6.07) is 10.1. The van der Waals surface area contributed by atoms with Gasteiger partial charge in [0.25, 0.3) is 5.91 Å². The monoisotopic (exact) mass is 316 g/mol. The molecule has 3 aromatic rings. The molecule has 22 heavy (non-hydrogen) atoms. The van der Waals surface area contributed by atoms with Crippen LogP contribution in [0.25, 0.3) is 10.2 Å². The van der Waals surface area contributed by atoms with Crippen molar-refractivity contribution in [2.45, 2.75) is 6.54 Å². The van der Waals surface area contributed by atoms with Gasteiger partial charge >= 0.3 is 0 Å². The van der Waals surface area contributed by atoms with Crippen LogP contribution in [0.1, 0.15) is 15.9 Å². The number of aromatic nitrogens is 1. The number of nitrogens with one attached hydrogen (secondary N) is 1. The van der Waals surface area contributed by atoms with E-state index in [1.165, 1.54) is 18.4 Å². The number of nitrogens with zero attached hydrogens (tertiary/aromatic N) is 1. The molecule has 0 unspecified atom stereocenters. The highest BCUT2D eigenvalue weighted by Gasteiger charge is 2.11. The molecule has 0 radical (unpaired) electrons. The Balaban J connectivity index is 1.74. The van der Waals surface area contributed by atoms with Gasteiger partial charge in [-0.2, -0.15) is 0 Å². The maximum atomic E-state index is 14.0. The van der Waals surface area contributed by atoms with E-state index in [9.17, 15) is 9.18 Å². The lowest BCUT2D eigenvalue weighted by molar-refractivity contribution is 0.0950. The number of fused-ring (bicyclic) bond motifs is 1. The number of methoxy groups -OCH3 is 1. The second-order valence-corrected chi connectivity index (χ2v) is 5.54. The highest BCUT2D eigenvalue weighted by atomic mass is 32.1. The number of carbonyl (C=O) groups excluding carboxylic acids is 1.